The molecule has 0 aliphatic rings. The second-order valence-corrected chi connectivity index (χ2v) is 33.4. The summed E-state index contributed by atoms with van der Waals surface area (Å²) in [5.41, 5.74) is 0. The fourth-order valence-corrected chi connectivity index (χ4v) is 14.3. The number of unbranched alkanes of at least 4 members (excludes halogenated alkanes) is 51. The number of carbonyl (C=O) groups excluding carboxylic acids is 4. The van der Waals surface area contributed by atoms with Gasteiger partial charge in [-0.15, -0.1) is 0 Å². The molecule has 600 valence electrons. The molecule has 0 saturated heterocycles. The first-order valence-corrected chi connectivity index (χ1v) is 45.5. The number of aliphatic hydroxyl groups excluding tert-OH is 1. The van der Waals surface area contributed by atoms with Crippen molar-refractivity contribution in [2.24, 2.45) is 11.8 Å². The Kier molecular flexibility index (Phi) is 72.2. The summed E-state index contributed by atoms with van der Waals surface area (Å²) in [6, 6.07) is 0. The molecule has 17 nitrogen and oxygen atoms in total. The Labute approximate surface area is 619 Å². The molecule has 0 fully saturated rings. The van der Waals surface area contributed by atoms with E-state index in [1.165, 1.54) is 250 Å². The standard InChI is InChI=1S/C82H160O17P2/c1-7-9-11-13-15-17-19-21-23-24-25-26-28-30-36-42-49-55-61-67-82(87)98-77(70-92-79(84)64-58-52-46-40-34-32-31-33-38-44-50-56-62-74(3)4)72-96-100(88,89)94-68-76(83)69-95-101(90,91)97-73-78(71-93-80(85)65-59-53-47-43-37-39-45-51-57-63-75(5)6)99-81(86)66-60-54-48-41-35-29-27-22-20-18-16-14-12-10-8-2/h74-78,83H,7-73H2,1-6H3,(H,88,89)(H,90,91)/t76-,77-,78-/m1/s1. The highest BCUT2D eigenvalue weighted by Crippen LogP contribution is 2.45. The van der Waals surface area contributed by atoms with Gasteiger partial charge < -0.3 is 33.8 Å². The molecule has 0 aromatic rings. The van der Waals surface area contributed by atoms with Crippen LogP contribution in [0.1, 0.15) is 433 Å². The predicted octanol–water partition coefficient (Wildman–Crippen LogP) is 24.7. The normalized spacial score (nSPS) is 13.9. The van der Waals surface area contributed by atoms with E-state index in [4.69, 9.17) is 37.0 Å². The van der Waals surface area contributed by atoms with E-state index < -0.39 is 97.5 Å². The predicted molar refractivity (Wildman–Crippen MR) is 414 cm³/mol. The molecule has 0 aliphatic heterocycles. The topological polar surface area (TPSA) is 237 Å². The lowest BCUT2D eigenvalue weighted by Gasteiger charge is -2.21. The molecule has 2 unspecified atom stereocenters. The van der Waals surface area contributed by atoms with Gasteiger partial charge in [-0.3, -0.25) is 37.3 Å². The van der Waals surface area contributed by atoms with Crippen LogP contribution in [-0.4, -0.2) is 96.7 Å². The first-order valence-electron chi connectivity index (χ1n) is 42.5. The molecule has 0 radical (unpaired) electrons. The molecule has 101 heavy (non-hydrogen) atoms. The minimum atomic E-state index is -4.96. The van der Waals surface area contributed by atoms with Crippen molar-refractivity contribution in [3.8, 4) is 0 Å². The fraction of sp³-hybridized carbons (Fsp3) is 0.951. The third-order valence-corrected chi connectivity index (χ3v) is 21.1. The summed E-state index contributed by atoms with van der Waals surface area (Å²) >= 11 is 0. The number of phosphoric ester groups is 2. The lowest BCUT2D eigenvalue weighted by molar-refractivity contribution is -0.161. The molecular formula is C82H160O17P2. The van der Waals surface area contributed by atoms with E-state index in [0.29, 0.717) is 25.7 Å². The van der Waals surface area contributed by atoms with Crippen LogP contribution in [0.4, 0.5) is 0 Å². The van der Waals surface area contributed by atoms with Crippen LogP contribution in [0.3, 0.4) is 0 Å². The zero-order valence-corrected chi connectivity index (χ0v) is 68.0. The smallest absolute Gasteiger partial charge is 0.462 e. The Bertz CT molecular complexity index is 1940. The maximum Gasteiger partial charge on any atom is 0.472 e. The molecule has 3 N–H and O–H groups in total. The minimum absolute atomic E-state index is 0.108. The van der Waals surface area contributed by atoms with Crippen LogP contribution in [0.5, 0.6) is 0 Å². The Balaban J connectivity index is 5.26. The number of hydrogen-bond acceptors (Lipinski definition) is 15. The summed E-state index contributed by atoms with van der Waals surface area (Å²) in [5, 5.41) is 10.7. The van der Waals surface area contributed by atoms with E-state index in [1.54, 1.807) is 0 Å². The van der Waals surface area contributed by atoms with Crippen molar-refractivity contribution in [3.05, 3.63) is 0 Å². The SMILES string of the molecule is CCCCCCCCCCCCCCCCCCCCCC(=O)O[C@H](COC(=O)CCCCCCCCCCCCCCC(C)C)COP(=O)(O)OC[C@@H](O)COP(=O)(O)OC[C@@H](COC(=O)CCCCCCCCCCCC(C)C)OC(=O)CCCCCCCCCCCCCCCCC. The van der Waals surface area contributed by atoms with Crippen LogP contribution in [-0.2, 0) is 65.4 Å². The summed E-state index contributed by atoms with van der Waals surface area (Å²) in [5.74, 6) is -0.580. The third-order valence-electron chi connectivity index (χ3n) is 19.2. The average molecular weight is 1480 g/mol. The molecule has 0 rings (SSSR count). The zero-order valence-electron chi connectivity index (χ0n) is 66.2. The van der Waals surface area contributed by atoms with E-state index in [-0.39, 0.29) is 25.7 Å². The minimum Gasteiger partial charge on any atom is -0.462 e. The zero-order chi connectivity index (χ0) is 74.2. The lowest BCUT2D eigenvalue weighted by atomic mass is 10.0. The Hall–Kier alpha value is -1.94. The van der Waals surface area contributed by atoms with Crippen molar-refractivity contribution in [2.75, 3.05) is 39.6 Å². The number of phosphoric acid groups is 2. The van der Waals surface area contributed by atoms with Crippen LogP contribution in [0.15, 0.2) is 0 Å². The summed E-state index contributed by atoms with van der Waals surface area (Å²) in [4.78, 5) is 73.1. The molecule has 19 heteroatoms. The van der Waals surface area contributed by atoms with Crippen molar-refractivity contribution in [1.82, 2.24) is 0 Å². The molecule has 0 aromatic carbocycles. The molecule has 0 saturated carbocycles. The molecule has 0 heterocycles. The number of aliphatic hydroxyl groups is 1. The van der Waals surface area contributed by atoms with Crippen molar-refractivity contribution in [3.63, 3.8) is 0 Å². The van der Waals surface area contributed by atoms with Crippen LogP contribution < -0.4 is 0 Å². The van der Waals surface area contributed by atoms with Gasteiger partial charge in [0.1, 0.15) is 19.3 Å². The van der Waals surface area contributed by atoms with Crippen LogP contribution in [0.2, 0.25) is 0 Å². The molecular weight excluding hydrogens is 1320 g/mol. The summed E-state index contributed by atoms with van der Waals surface area (Å²) in [6.07, 6.45) is 63.8. The molecule has 0 aliphatic carbocycles. The van der Waals surface area contributed by atoms with Gasteiger partial charge >= 0.3 is 39.5 Å². The van der Waals surface area contributed by atoms with Gasteiger partial charge in [-0.25, -0.2) is 9.13 Å². The molecule has 5 atom stereocenters. The van der Waals surface area contributed by atoms with Gasteiger partial charge in [-0.1, -0.05) is 382 Å². The highest BCUT2D eigenvalue weighted by Gasteiger charge is 2.30. The fourth-order valence-electron chi connectivity index (χ4n) is 12.7. The van der Waals surface area contributed by atoms with Gasteiger partial charge in [0.05, 0.1) is 26.4 Å². The number of esters is 4. The number of rotatable bonds is 81. The van der Waals surface area contributed by atoms with Gasteiger partial charge in [0.25, 0.3) is 0 Å². The highest BCUT2D eigenvalue weighted by molar-refractivity contribution is 7.47. The van der Waals surface area contributed by atoms with Crippen molar-refractivity contribution >= 4 is 39.5 Å². The Morgan fingerprint density at radius 2 is 0.455 bits per heavy atom. The first-order chi connectivity index (χ1) is 48.9. The number of ether oxygens (including phenoxy) is 4. The van der Waals surface area contributed by atoms with E-state index in [0.717, 1.165) is 102 Å². The van der Waals surface area contributed by atoms with Crippen LogP contribution >= 0.6 is 15.6 Å². The van der Waals surface area contributed by atoms with Gasteiger partial charge in [-0.2, -0.15) is 0 Å². The largest absolute Gasteiger partial charge is 0.472 e. The molecule has 0 bridgehead atoms. The molecule has 0 aromatic heterocycles. The van der Waals surface area contributed by atoms with Gasteiger partial charge in [0.15, 0.2) is 12.2 Å². The van der Waals surface area contributed by atoms with E-state index in [1.807, 2.05) is 0 Å². The maximum absolute atomic E-state index is 13.1. The van der Waals surface area contributed by atoms with Gasteiger partial charge in [0, 0.05) is 25.7 Å². The summed E-state index contributed by atoms with van der Waals surface area (Å²) < 4.78 is 68.8. The van der Waals surface area contributed by atoms with E-state index in [9.17, 15) is 43.2 Å². The Morgan fingerprint density at radius 3 is 0.673 bits per heavy atom. The first kappa shape index (κ1) is 99.1. The van der Waals surface area contributed by atoms with Crippen LogP contribution in [0, 0.1) is 11.8 Å². The van der Waals surface area contributed by atoms with Crippen molar-refractivity contribution in [2.45, 2.75) is 452 Å². The second kappa shape index (κ2) is 73.6. The monoisotopic (exact) mass is 1480 g/mol. The van der Waals surface area contributed by atoms with Gasteiger partial charge in [0.2, 0.25) is 0 Å². The van der Waals surface area contributed by atoms with Crippen molar-refractivity contribution in [1.29, 1.82) is 0 Å². The second-order valence-electron chi connectivity index (χ2n) is 30.5. The van der Waals surface area contributed by atoms with E-state index in [2.05, 4.69) is 41.5 Å². The van der Waals surface area contributed by atoms with Crippen LogP contribution in [0.25, 0.3) is 0 Å². The lowest BCUT2D eigenvalue weighted by Crippen LogP contribution is -2.30. The molecule has 0 amide bonds. The molecule has 0 spiro atoms. The maximum atomic E-state index is 13.1. The number of carbonyl (C=O) groups is 4. The van der Waals surface area contributed by atoms with Crippen molar-refractivity contribution < 1.29 is 80.2 Å². The summed E-state index contributed by atoms with van der Waals surface area (Å²) in [7, 11) is -9.92. The summed E-state index contributed by atoms with van der Waals surface area (Å²) in [6.45, 7) is 9.64. The average Bonchev–Trinajstić information content (AvgIpc) is 1.07. The quantitative estimate of drug-likeness (QED) is 0.0222. The Morgan fingerprint density at radius 1 is 0.267 bits per heavy atom. The van der Waals surface area contributed by atoms with E-state index >= 15 is 0 Å². The number of hydrogen-bond donors (Lipinski definition) is 3. The van der Waals surface area contributed by atoms with Gasteiger partial charge in [-0.05, 0) is 37.5 Å². The third kappa shape index (κ3) is 76.1. The highest BCUT2D eigenvalue weighted by atomic mass is 31.2.